The SMILES string of the molecule is CCc1ccc2oc(-c3cc(NC(=O)c4cc(Br)cc(Br)c4Br)ccc3O)nc2c1. The van der Waals surface area contributed by atoms with E-state index in [0.29, 0.717) is 32.8 Å². The third-order valence-electron chi connectivity index (χ3n) is 4.58. The Morgan fingerprint density at radius 3 is 2.67 bits per heavy atom. The molecule has 0 radical (unpaired) electrons. The monoisotopic (exact) mass is 592 g/mol. The molecule has 152 valence electrons. The van der Waals surface area contributed by atoms with Crippen molar-refractivity contribution in [1.82, 2.24) is 4.98 Å². The number of rotatable bonds is 4. The Morgan fingerprint density at radius 1 is 1.10 bits per heavy atom. The highest BCUT2D eigenvalue weighted by atomic mass is 79.9. The summed E-state index contributed by atoms with van der Waals surface area (Å²) in [5, 5.41) is 13.2. The number of nitrogens with one attached hydrogen (secondary N) is 1. The van der Waals surface area contributed by atoms with E-state index in [1.807, 2.05) is 24.3 Å². The summed E-state index contributed by atoms with van der Waals surface area (Å²) in [4.78, 5) is 17.3. The van der Waals surface area contributed by atoms with Crippen LogP contribution in [0.25, 0.3) is 22.6 Å². The number of aryl methyl sites for hydroxylation is 1. The highest BCUT2D eigenvalue weighted by Crippen LogP contribution is 2.35. The van der Waals surface area contributed by atoms with E-state index in [1.165, 1.54) is 6.07 Å². The molecule has 0 bridgehead atoms. The predicted molar refractivity (Wildman–Crippen MR) is 128 cm³/mol. The number of benzene rings is 3. The summed E-state index contributed by atoms with van der Waals surface area (Å²) in [5.41, 5.74) is 3.88. The van der Waals surface area contributed by atoms with Crippen molar-refractivity contribution < 1.29 is 14.3 Å². The Bertz CT molecular complexity index is 1280. The minimum atomic E-state index is -0.300. The number of hydrogen-bond acceptors (Lipinski definition) is 4. The summed E-state index contributed by atoms with van der Waals surface area (Å²) >= 11 is 10.2. The third kappa shape index (κ3) is 4.17. The molecule has 3 aromatic carbocycles. The lowest BCUT2D eigenvalue weighted by atomic mass is 10.1. The van der Waals surface area contributed by atoms with Crippen molar-refractivity contribution in [2.75, 3.05) is 5.32 Å². The van der Waals surface area contributed by atoms with Gasteiger partial charge in [-0.2, -0.15) is 0 Å². The molecule has 0 aliphatic rings. The summed E-state index contributed by atoms with van der Waals surface area (Å²) in [5.74, 6) is 0.00514. The van der Waals surface area contributed by atoms with Gasteiger partial charge in [0.05, 0.1) is 11.1 Å². The zero-order valence-corrected chi connectivity index (χ0v) is 20.4. The summed E-state index contributed by atoms with van der Waals surface area (Å²) < 4.78 is 8.00. The number of carbonyl (C=O) groups excluding carboxylic acids is 1. The lowest BCUT2D eigenvalue weighted by Gasteiger charge is -2.10. The van der Waals surface area contributed by atoms with Gasteiger partial charge in [0, 0.05) is 19.1 Å². The number of nitrogens with zero attached hydrogens (tertiary/aromatic N) is 1. The van der Waals surface area contributed by atoms with Gasteiger partial charge in [-0.3, -0.25) is 4.79 Å². The van der Waals surface area contributed by atoms with Gasteiger partial charge in [-0.15, -0.1) is 0 Å². The van der Waals surface area contributed by atoms with Gasteiger partial charge < -0.3 is 14.8 Å². The molecule has 0 unspecified atom stereocenters. The molecule has 5 nitrogen and oxygen atoms in total. The number of anilines is 1. The van der Waals surface area contributed by atoms with E-state index in [9.17, 15) is 9.90 Å². The van der Waals surface area contributed by atoms with E-state index >= 15 is 0 Å². The van der Waals surface area contributed by atoms with Crippen LogP contribution in [0.1, 0.15) is 22.8 Å². The molecule has 0 saturated carbocycles. The first-order chi connectivity index (χ1) is 14.4. The topological polar surface area (TPSA) is 75.4 Å². The molecule has 0 aliphatic carbocycles. The Morgan fingerprint density at radius 2 is 1.90 bits per heavy atom. The van der Waals surface area contributed by atoms with Crippen molar-refractivity contribution >= 4 is 70.5 Å². The van der Waals surface area contributed by atoms with Crippen LogP contribution < -0.4 is 5.32 Å². The molecule has 2 N–H and O–H groups in total. The zero-order valence-electron chi connectivity index (χ0n) is 15.7. The molecule has 30 heavy (non-hydrogen) atoms. The standard InChI is InChI=1S/C22H15Br3N2O3/c1-2-11-3-6-19-17(7-11)27-22(30-19)14-10-13(4-5-18(14)28)26-21(29)15-8-12(23)9-16(24)20(15)25/h3-10,28H,2H2,1H3,(H,26,29). The van der Waals surface area contributed by atoms with Crippen LogP contribution in [-0.4, -0.2) is 16.0 Å². The van der Waals surface area contributed by atoms with Crippen molar-refractivity contribution in [2.45, 2.75) is 13.3 Å². The number of aromatic hydroxyl groups is 1. The first-order valence-corrected chi connectivity index (χ1v) is 11.4. The number of fused-ring (bicyclic) bond motifs is 1. The Balaban J connectivity index is 1.68. The lowest BCUT2D eigenvalue weighted by molar-refractivity contribution is 0.102. The molecular weight excluding hydrogens is 580 g/mol. The van der Waals surface area contributed by atoms with Crippen LogP contribution in [0.2, 0.25) is 0 Å². The second-order valence-corrected chi connectivity index (χ2v) is 9.17. The molecule has 4 aromatic rings. The fourth-order valence-corrected chi connectivity index (χ4v) is 4.65. The summed E-state index contributed by atoms with van der Waals surface area (Å²) in [6.07, 6.45) is 0.895. The molecule has 4 rings (SSSR count). The van der Waals surface area contributed by atoms with E-state index in [-0.39, 0.29) is 11.7 Å². The number of oxazole rings is 1. The molecule has 0 atom stereocenters. The lowest BCUT2D eigenvalue weighted by Crippen LogP contribution is -2.13. The van der Waals surface area contributed by atoms with Crippen LogP contribution in [0, 0.1) is 0 Å². The molecule has 0 spiro atoms. The number of aromatic nitrogens is 1. The average Bonchev–Trinajstić information content (AvgIpc) is 3.14. The van der Waals surface area contributed by atoms with Crippen LogP contribution in [0.4, 0.5) is 5.69 Å². The summed E-state index contributed by atoms with van der Waals surface area (Å²) in [6.45, 7) is 2.07. The minimum Gasteiger partial charge on any atom is -0.507 e. The number of phenolic OH excluding ortho intramolecular Hbond substituents is 1. The molecule has 0 aliphatic heterocycles. The highest BCUT2D eigenvalue weighted by molar-refractivity contribution is 9.13. The molecule has 1 aromatic heterocycles. The summed E-state index contributed by atoms with van der Waals surface area (Å²) in [6, 6.07) is 14.2. The normalized spacial score (nSPS) is 11.1. The maximum atomic E-state index is 12.8. The van der Waals surface area contributed by atoms with Gasteiger partial charge in [0.15, 0.2) is 5.58 Å². The fourth-order valence-electron chi connectivity index (χ4n) is 3.01. The van der Waals surface area contributed by atoms with Gasteiger partial charge in [-0.05, 0) is 86.3 Å². The second-order valence-electron chi connectivity index (χ2n) is 6.61. The molecule has 1 amide bonds. The van der Waals surface area contributed by atoms with Crippen LogP contribution in [0.3, 0.4) is 0 Å². The van der Waals surface area contributed by atoms with E-state index in [0.717, 1.165) is 26.4 Å². The molecule has 8 heteroatoms. The third-order valence-corrected chi connectivity index (χ3v) is 7.05. The predicted octanol–water partition coefficient (Wildman–Crippen LogP) is 7.30. The second kappa shape index (κ2) is 8.53. The van der Waals surface area contributed by atoms with Gasteiger partial charge in [0.2, 0.25) is 5.89 Å². The maximum Gasteiger partial charge on any atom is 0.256 e. The zero-order chi connectivity index (χ0) is 21.4. The smallest absolute Gasteiger partial charge is 0.256 e. The van der Waals surface area contributed by atoms with Crippen molar-refractivity contribution in [3.8, 4) is 17.2 Å². The van der Waals surface area contributed by atoms with Gasteiger partial charge in [-0.25, -0.2) is 4.98 Å². The Kier molecular flexibility index (Phi) is 5.99. The van der Waals surface area contributed by atoms with Crippen molar-refractivity contribution in [2.24, 2.45) is 0 Å². The minimum absolute atomic E-state index is 0.0154. The van der Waals surface area contributed by atoms with Crippen molar-refractivity contribution in [3.05, 3.63) is 73.1 Å². The van der Waals surface area contributed by atoms with Gasteiger partial charge in [0.1, 0.15) is 11.3 Å². The van der Waals surface area contributed by atoms with E-state index in [4.69, 9.17) is 4.42 Å². The van der Waals surface area contributed by atoms with E-state index < -0.39 is 0 Å². The van der Waals surface area contributed by atoms with Crippen LogP contribution in [0.15, 0.2) is 66.4 Å². The molecule has 0 saturated heterocycles. The number of amides is 1. The average molecular weight is 595 g/mol. The first kappa shape index (κ1) is 21.1. The number of halogens is 3. The quantitative estimate of drug-likeness (QED) is 0.192. The Labute approximate surface area is 197 Å². The largest absolute Gasteiger partial charge is 0.507 e. The molecule has 0 fully saturated rings. The fraction of sp³-hybridized carbons (Fsp3) is 0.0909. The van der Waals surface area contributed by atoms with Crippen LogP contribution in [-0.2, 0) is 6.42 Å². The van der Waals surface area contributed by atoms with Crippen molar-refractivity contribution in [1.29, 1.82) is 0 Å². The van der Waals surface area contributed by atoms with E-state index in [2.05, 4.69) is 65.0 Å². The number of carbonyl (C=O) groups is 1. The van der Waals surface area contributed by atoms with Gasteiger partial charge in [0.25, 0.3) is 5.91 Å². The van der Waals surface area contributed by atoms with Gasteiger partial charge >= 0.3 is 0 Å². The maximum absolute atomic E-state index is 12.8. The Hall–Kier alpha value is -2.16. The van der Waals surface area contributed by atoms with E-state index in [1.54, 1.807) is 18.2 Å². The highest BCUT2D eigenvalue weighted by Gasteiger charge is 2.17. The number of phenols is 1. The van der Waals surface area contributed by atoms with Crippen LogP contribution >= 0.6 is 47.8 Å². The van der Waals surface area contributed by atoms with Crippen molar-refractivity contribution in [3.63, 3.8) is 0 Å². The molecule has 1 heterocycles. The molecular formula is C22H15Br3N2O3. The van der Waals surface area contributed by atoms with Gasteiger partial charge in [-0.1, -0.05) is 28.9 Å². The first-order valence-electron chi connectivity index (χ1n) is 9.04. The summed E-state index contributed by atoms with van der Waals surface area (Å²) in [7, 11) is 0. The van der Waals surface area contributed by atoms with Crippen LogP contribution in [0.5, 0.6) is 5.75 Å². The number of hydrogen-bond donors (Lipinski definition) is 2.